The van der Waals surface area contributed by atoms with Gasteiger partial charge in [-0.25, -0.2) is 0 Å². The van der Waals surface area contributed by atoms with Crippen LogP contribution in [0.5, 0.6) is 0 Å². The summed E-state index contributed by atoms with van der Waals surface area (Å²) in [5.41, 5.74) is 0.0398. The molecule has 1 aromatic carbocycles. The molecule has 1 aliphatic heterocycles. The van der Waals surface area contributed by atoms with Crippen LogP contribution in [0.4, 0.5) is 13.2 Å². The van der Waals surface area contributed by atoms with Crippen LogP contribution < -0.4 is 5.46 Å². The van der Waals surface area contributed by atoms with Crippen molar-refractivity contribution in [1.29, 1.82) is 0 Å². The van der Waals surface area contributed by atoms with Crippen LogP contribution in [0.15, 0.2) is 28.8 Å². The molecule has 1 saturated heterocycles. The molecule has 0 unspecified atom stereocenters. The molecule has 0 N–H and O–H groups in total. The van der Waals surface area contributed by atoms with Crippen molar-refractivity contribution in [3.63, 3.8) is 0 Å². The van der Waals surface area contributed by atoms with Crippen molar-refractivity contribution in [2.75, 3.05) is 0 Å². The monoisotopic (exact) mass is 340 g/mol. The number of nitrogens with zero attached hydrogens (tertiary/aromatic N) is 2. The van der Waals surface area contributed by atoms with Gasteiger partial charge in [-0.15, -0.1) is 0 Å². The maximum atomic E-state index is 12.6. The van der Waals surface area contributed by atoms with Gasteiger partial charge < -0.3 is 13.8 Å². The first-order chi connectivity index (χ1) is 11.0. The molecule has 0 atom stereocenters. The van der Waals surface area contributed by atoms with Crippen LogP contribution in [0.3, 0.4) is 0 Å². The Bertz CT molecular complexity index is 742. The SMILES string of the molecule is CC1(C)OB(c2cccc(-c3noc(C(F)(F)F)n3)c2)OC1(C)C. The van der Waals surface area contributed by atoms with Gasteiger partial charge in [-0.05, 0) is 33.2 Å². The van der Waals surface area contributed by atoms with E-state index >= 15 is 0 Å². The van der Waals surface area contributed by atoms with Gasteiger partial charge in [0.05, 0.1) is 11.2 Å². The summed E-state index contributed by atoms with van der Waals surface area (Å²) in [6.45, 7) is 7.69. The van der Waals surface area contributed by atoms with Gasteiger partial charge in [0.15, 0.2) is 0 Å². The van der Waals surface area contributed by atoms with E-state index in [4.69, 9.17) is 9.31 Å². The van der Waals surface area contributed by atoms with Gasteiger partial charge in [-0.1, -0.05) is 29.4 Å². The molecule has 0 amide bonds. The number of aromatic nitrogens is 2. The largest absolute Gasteiger partial charge is 0.494 e. The van der Waals surface area contributed by atoms with Crippen molar-refractivity contribution in [1.82, 2.24) is 10.1 Å². The Morgan fingerprint density at radius 3 is 2.21 bits per heavy atom. The molecule has 0 bridgehead atoms. The molecule has 2 aromatic rings. The molecule has 2 heterocycles. The molecular formula is C15H16BF3N2O3. The summed E-state index contributed by atoms with van der Waals surface area (Å²) >= 11 is 0. The second-order valence-corrected chi connectivity index (χ2v) is 6.63. The third kappa shape index (κ3) is 2.93. The van der Waals surface area contributed by atoms with E-state index in [1.807, 2.05) is 27.7 Å². The van der Waals surface area contributed by atoms with Gasteiger partial charge in [-0.2, -0.15) is 18.2 Å². The molecule has 1 fully saturated rings. The summed E-state index contributed by atoms with van der Waals surface area (Å²) in [5, 5.41) is 3.39. The molecule has 0 saturated carbocycles. The zero-order valence-corrected chi connectivity index (χ0v) is 13.6. The third-order valence-corrected chi connectivity index (χ3v) is 4.34. The fraction of sp³-hybridized carbons (Fsp3) is 0.467. The standard InChI is InChI=1S/C15H16BF3N2O3/c1-13(2)14(3,4)24-16(23-13)10-7-5-6-9(8-10)11-20-12(22-21-11)15(17,18)19/h5-8H,1-4H3. The minimum atomic E-state index is -4.67. The Balaban J connectivity index is 1.90. The van der Waals surface area contributed by atoms with Crippen molar-refractivity contribution in [2.24, 2.45) is 0 Å². The van der Waals surface area contributed by atoms with E-state index in [9.17, 15) is 13.2 Å². The summed E-state index contributed by atoms with van der Waals surface area (Å²) in [6, 6.07) is 6.68. The van der Waals surface area contributed by atoms with E-state index in [2.05, 4.69) is 14.7 Å². The van der Waals surface area contributed by atoms with Gasteiger partial charge in [-0.3, -0.25) is 0 Å². The zero-order valence-electron chi connectivity index (χ0n) is 13.6. The van der Waals surface area contributed by atoms with Crippen molar-refractivity contribution in [2.45, 2.75) is 45.1 Å². The van der Waals surface area contributed by atoms with Crippen LogP contribution in [0.25, 0.3) is 11.4 Å². The minimum absolute atomic E-state index is 0.138. The lowest BCUT2D eigenvalue weighted by Gasteiger charge is -2.32. The zero-order chi connectivity index (χ0) is 17.8. The van der Waals surface area contributed by atoms with Crippen LogP contribution >= 0.6 is 0 Å². The van der Waals surface area contributed by atoms with E-state index in [-0.39, 0.29) is 5.82 Å². The predicted molar refractivity (Wildman–Crippen MR) is 80.5 cm³/mol. The molecule has 0 aliphatic carbocycles. The van der Waals surface area contributed by atoms with E-state index in [0.29, 0.717) is 11.0 Å². The van der Waals surface area contributed by atoms with Crippen LogP contribution in [-0.2, 0) is 15.5 Å². The van der Waals surface area contributed by atoms with E-state index in [1.54, 1.807) is 24.3 Å². The Kier molecular flexibility index (Phi) is 3.76. The lowest BCUT2D eigenvalue weighted by Crippen LogP contribution is -2.41. The number of rotatable bonds is 2. The highest BCUT2D eigenvalue weighted by atomic mass is 19.4. The molecule has 1 aliphatic rings. The summed E-state index contributed by atoms with van der Waals surface area (Å²) in [5.74, 6) is -1.51. The van der Waals surface area contributed by atoms with Crippen LogP contribution in [0, 0.1) is 0 Å². The number of benzene rings is 1. The minimum Gasteiger partial charge on any atom is -0.399 e. The Labute approximate surface area is 137 Å². The highest BCUT2D eigenvalue weighted by Gasteiger charge is 2.51. The number of halogens is 3. The smallest absolute Gasteiger partial charge is 0.399 e. The predicted octanol–water partition coefficient (Wildman–Crippen LogP) is 3.05. The summed E-state index contributed by atoms with van der Waals surface area (Å²) in [7, 11) is -0.621. The fourth-order valence-corrected chi connectivity index (χ4v) is 2.26. The van der Waals surface area contributed by atoms with Gasteiger partial charge >= 0.3 is 19.2 Å². The molecule has 3 rings (SSSR count). The average molecular weight is 340 g/mol. The summed E-state index contributed by atoms with van der Waals surface area (Å²) in [6.07, 6.45) is -4.67. The van der Waals surface area contributed by atoms with E-state index in [0.717, 1.165) is 0 Å². The lowest BCUT2D eigenvalue weighted by atomic mass is 9.78. The highest BCUT2D eigenvalue weighted by Crippen LogP contribution is 2.36. The second kappa shape index (κ2) is 5.32. The van der Waals surface area contributed by atoms with Crippen molar-refractivity contribution < 1.29 is 27.0 Å². The topological polar surface area (TPSA) is 57.4 Å². The molecule has 5 nitrogen and oxygen atoms in total. The van der Waals surface area contributed by atoms with Gasteiger partial charge in [0.25, 0.3) is 0 Å². The molecular weight excluding hydrogens is 324 g/mol. The molecule has 1 aromatic heterocycles. The lowest BCUT2D eigenvalue weighted by molar-refractivity contribution is -0.159. The van der Waals surface area contributed by atoms with Crippen LogP contribution in [0.2, 0.25) is 0 Å². The highest BCUT2D eigenvalue weighted by molar-refractivity contribution is 6.62. The average Bonchev–Trinajstić information content (AvgIpc) is 3.02. The first-order valence-electron chi connectivity index (χ1n) is 7.36. The number of alkyl halides is 3. The molecule has 9 heteroatoms. The molecule has 128 valence electrons. The first kappa shape index (κ1) is 17.0. The normalized spacial score (nSPS) is 19.7. The van der Waals surface area contributed by atoms with Crippen LogP contribution in [-0.4, -0.2) is 28.5 Å². The van der Waals surface area contributed by atoms with Crippen molar-refractivity contribution in [3.8, 4) is 11.4 Å². The number of hydrogen-bond acceptors (Lipinski definition) is 5. The summed E-state index contributed by atoms with van der Waals surface area (Å²) < 4.78 is 53.9. The van der Waals surface area contributed by atoms with Gasteiger partial charge in [0, 0.05) is 5.56 Å². The molecule has 0 radical (unpaired) electrons. The Hall–Kier alpha value is -1.87. The third-order valence-electron chi connectivity index (χ3n) is 4.34. The Morgan fingerprint density at radius 1 is 1.04 bits per heavy atom. The fourth-order valence-electron chi connectivity index (χ4n) is 2.26. The summed E-state index contributed by atoms with van der Waals surface area (Å²) in [4.78, 5) is 3.39. The van der Waals surface area contributed by atoms with Crippen molar-refractivity contribution >= 4 is 12.6 Å². The second-order valence-electron chi connectivity index (χ2n) is 6.63. The van der Waals surface area contributed by atoms with Crippen LogP contribution in [0.1, 0.15) is 33.6 Å². The van der Waals surface area contributed by atoms with E-state index < -0.39 is 30.4 Å². The molecule has 0 spiro atoms. The number of hydrogen-bond donors (Lipinski definition) is 0. The van der Waals surface area contributed by atoms with Crippen molar-refractivity contribution in [3.05, 3.63) is 30.2 Å². The van der Waals surface area contributed by atoms with Gasteiger partial charge in [0.2, 0.25) is 5.82 Å². The first-order valence-corrected chi connectivity index (χ1v) is 7.36. The van der Waals surface area contributed by atoms with E-state index in [1.165, 1.54) is 0 Å². The van der Waals surface area contributed by atoms with Gasteiger partial charge in [0.1, 0.15) is 0 Å². The molecule has 24 heavy (non-hydrogen) atoms. The maximum absolute atomic E-state index is 12.6. The quantitative estimate of drug-likeness (QED) is 0.787. The maximum Gasteiger partial charge on any atom is 0.494 e. The Morgan fingerprint density at radius 2 is 1.67 bits per heavy atom.